The van der Waals surface area contributed by atoms with Gasteiger partial charge in [-0.3, -0.25) is 0 Å². The van der Waals surface area contributed by atoms with Crippen LogP contribution in [0.25, 0.3) is 0 Å². The number of nitriles is 1. The molecule has 0 amide bonds. The van der Waals surface area contributed by atoms with Gasteiger partial charge in [-0.1, -0.05) is 13.8 Å². The SMILES string of the molecule is CSC(C)(C)CC(C)C#N. The Kier molecular flexibility index (Phi) is 3.81. The molecule has 0 radical (unpaired) electrons. The van der Waals surface area contributed by atoms with E-state index in [1.54, 1.807) is 0 Å². The van der Waals surface area contributed by atoms with E-state index in [0.29, 0.717) is 0 Å². The van der Waals surface area contributed by atoms with Gasteiger partial charge in [0.2, 0.25) is 0 Å². The van der Waals surface area contributed by atoms with Gasteiger partial charge in [-0.15, -0.1) is 0 Å². The van der Waals surface area contributed by atoms with Crippen molar-refractivity contribution in [2.24, 2.45) is 5.92 Å². The van der Waals surface area contributed by atoms with Gasteiger partial charge in [0.15, 0.2) is 0 Å². The van der Waals surface area contributed by atoms with Gasteiger partial charge in [-0.2, -0.15) is 17.0 Å². The van der Waals surface area contributed by atoms with E-state index >= 15 is 0 Å². The van der Waals surface area contributed by atoms with Crippen LogP contribution in [0.1, 0.15) is 27.2 Å². The van der Waals surface area contributed by atoms with E-state index in [1.165, 1.54) is 0 Å². The maximum atomic E-state index is 8.53. The molecule has 0 fully saturated rings. The van der Waals surface area contributed by atoms with Gasteiger partial charge in [-0.05, 0) is 19.6 Å². The third-order valence-electron chi connectivity index (χ3n) is 1.57. The van der Waals surface area contributed by atoms with Crippen LogP contribution >= 0.6 is 11.8 Å². The second-order valence-electron chi connectivity index (χ2n) is 3.20. The van der Waals surface area contributed by atoms with Crippen molar-refractivity contribution in [1.82, 2.24) is 0 Å². The zero-order valence-electron chi connectivity index (χ0n) is 7.14. The van der Waals surface area contributed by atoms with Crippen LogP contribution in [-0.4, -0.2) is 11.0 Å². The maximum absolute atomic E-state index is 8.53. The predicted molar refractivity (Wildman–Crippen MR) is 47.0 cm³/mol. The second-order valence-corrected chi connectivity index (χ2v) is 4.71. The van der Waals surface area contributed by atoms with Crippen LogP contribution in [0.5, 0.6) is 0 Å². The summed E-state index contributed by atoms with van der Waals surface area (Å²) in [6.45, 7) is 6.31. The minimum absolute atomic E-state index is 0.183. The molecular formula is C8H15NS. The standard InChI is InChI=1S/C8H15NS/c1-7(6-9)5-8(2,3)10-4/h7H,5H2,1-4H3. The van der Waals surface area contributed by atoms with Crippen LogP contribution < -0.4 is 0 Å². The molecule has 0 aromatic carbocycles. The Hall–Kier alpha value is -0.160. The minimum Gasteiger partial charge on any atom is -0.198 e. The molecule has 2 heteroatoms. The first-order chi connectivity index (χ1) is 4.52. The van der Waals surface area contributed by atoms with Gasteiger partial charge in [0.05, 0.1) is 6.07 Å². The van der Waals surface area contributed by atoms with Gasteiger partial charge in [0, 0.05) is 10.7 Å². The molecule has 0 rings (SSSR count). The summed E-state index contributed by atoms with van der Waals surface area (Å²) in [7, 11) is 0. The predicted octanol–water partition coefficient (Wildman–Crippen LogP) is 2.68. The van der Waals surface area contributed by atoms with E-state index in [-0.39, 0.29) is 10.7 Å². The van der Waals surface area contributed by atoms with Gasteiger partial charge < -0.3 is 0 Å². The molecule has 1 unspecified atom stereocenters. The summed E-state index contributed by atoms with van der Waals surface area (Å²) in [5.74, 6) is 0.183. The largest absolute Gasteiger partial charge is 0.198 e. The van der Waals surface area contributed by atoms with Crippen LogP contribution in [0.4, 0.5) is 0 Å². The fourth-order valence-corrected chi connectivity index (χ4v) is 1.28. The number of nitrogens with zero attached hydrogens (tertiary/aromatic N) is 1. The van der Waals surface area contributed by atoms with Gasteiger partial charge >= 0.3 is 0 Å². The zero-order valence-corrected chi connectivity index (χ0v) is 7.96. The fraction of sp³-hybridized carbons (Fsp3) is 0.875. The summed E-state index contributed by atoms with van der Waals surface area (Å²) in [6, 6.07) is 2.24. The first-order valence-corrected chi connectivity index (χ1v) is 4.69. The number of rotatable bonds is 3. The number of hydrogen-bond donors (Lipinski definition) is 0. The highest BCUT2D eigenvalue weighted by atomic mass is 32.2. The topological polar surface area (TPSA) is 23.8 Å². The Bertz CT molecular complexity index is 135. The van der Waals surface area contributed by atoms with E-state index in [4.69, 9.17) is 5.26 Å². The third kappa shape index (κ3) is 3.79. The summed E-state index contributed by atoms with van der Waals surface area (Å²) in [4.78, 5) is 0. The van der Waals surface area contributed by atoms with E-state index in [9.17, 15) is 0 Å². The van der Waals surface area contributed by atoms with Crippen molar-refractivity contribution in [1.29, 1.82) is 5.26 Å². The highest BCUT2D eigenvalue weighted by molar-refractivity contribution is 7.99. The molecular weight excluding hydrogens is 142 g/mol. The molecule has 1 atom stereocenters. The average Bonchev–Trinajstić information content (AvgIpc) is 1.87. The van der Waals surface area contributed by atoms with Crippen molar-refractivity contribution in [3.63, 3.8) is 0 Å². The van der Waals surface area contributed by atoms with Gasteiger partial charge in [-0.25, -0.2) is 0 Å². The molecule has 0 heterocycles. The van der Waals surface area contributed by atoms with Crippen LogP contribution in [0.3, 0.4) is 0 Å². The van der Waals surface area contributed by atoms with Crippen molar-refractivity contribution in [2.75, 3.05) is 6.26 Å². The monoisotopic (exact) mass is 157 g/mol. The molecule has 0 aliphatic carbocycles. The Morgan fingerprint density at radius 2 is 2.10 bits per heavy atom. The third-order valence-corrected chi connectivity index (χ3v) is 2.84. The summed E-state index contributed by atoms with van der Waals surface area (Å²) >= 11 is 1.82. The molecule has 0 saturated heterocycles. The van der Waals surface area contributed by atoms with E-state index in [1.807, 2.05) is 18.7 Å². The lowest BCUT2D eigenvalue weighted by atomic mass is 10.00. The first kappa shape index (κ1) is 9.84. The van der Waals surface area contributed by atoms with Crippen LogP contribution in [0, 0.1) is 17.2 Å². The molecule has 0 aromatic rings. The highest BCUT2D eigenvalue weighted by Gasteiger charge is 2.18. The molecule has 0 aromatic heterocycles. The lowest BCUT2D eigenvalue weighted by Gasteiger charge is -2.22. The Morgan fingerprint density at radius 3 is 2.40 bits per heavy atom. The molecule has 0 aliphatic heterocycles. The average molecular weight is 157 g/mol. The number of hydrogen-bond acceptors (Lipinski definition) is 2. The summed E-state index contributed by atoms with van der Waals surface area (Å²) in [5.41, 5.74) is 0. The van der Waals surface area contributed by atoms with Gasteiger partial charge in [0.1, 0.15) is 0 Å². The normalized spacial score (nSPS) is 14.3. The van der Waals surface area contributed by atoms with Crippen molar-refractivity contribution in [3.8, 4) is 6.07 Å². The van der Waals surface area contributed by atoms with Crippen LogP contribution in [0.15, 0.2) is 0 Å². The first-order valence-electron chi connectivity index (χ1n) is 3.46. The second kappa shape index (κ2) is 3.88. The highest BCUT2D eigenvalue weighted by Crippen LogP contribution is 2.28. The number of thioether (sulfide) groups is 1. The van der Waals surface area contributed by atoms with Crippen molar-refractivity contribution in [3.05, 3.63) is 0 Å². The summed E-state index contributed by atoms with van der Waals surface area (Å²) in [5, 5.41) is 8.53. The molecule has 0 N–H and O–H groups in total. The Balaban J connectivity index is 3.79. The minimum atomic E-state index is 0.183. The van der Waals surface area contributed by atoms with E-state index in [0.717, 1.165) is 6.42 Å². The van der Waals surface area contributed by atoms with E-state index in [2.05, 4.69) is 26.2 Å². The van der Waals surface area contributed by atoms with Crippen LogP contribution in [-0.2, 0) is 0 Å². The molecule has 0 spiro atoms. The van der Waals surface area contributed by atoms with Crippen molar-refractivity contribution in [2.45, 2.75) is 31.9 Å². The smallest absolute Gasteiger partial charge is 0.0653 e. The van der Waals surface area contributed by atoms with Gasteiger partial charge in [0.25, 0.3) is 0 Å². The summed E-state index contributed by atoms with van der Waals surface area (Å²) in [6.07, 6.45) is 3.06. The molecule has 0 bridgehead atoms. The molecule has 0 saturated carbocycles. The molecule has 10 heavy (non-hydrogen) atoms. The molecule has 58 valence electrons. The van der Waals surface area contributed by atoms with Crippen molar-refractivity contribution < 1.29 is 0 Å². The molecule has 1 nitrogen and oxygen atoms in total. The zero-order chi connectivity index (χ0) is 8.20. The lowest BCUT2D eigenvalue weighted by molar-refractivity contribution is 0.551. The Labute approximate surface area is 67.8 Å². The fourth-order valence-electron chi connectivity index (χ4n) is 0.866. The Morgan fingerprint density at radius 1 is 1.60 bits per heavy atom. The maximum Gasteiger partial charge on any atom is 0.0653 e. The summed E-state index contributed by atoms with van der Waals surface area (Å²) < 4.78 is 0.259. The quantitative estimate of drug-likeness (QED) is 0.629. The lowest BCUT2D eigenvalue weighted by Crippen LogP contribution is -2.17. The van der Waals surface area contributed by atoms with Crippen molar-refractivity contribution >= 4 is 11.8 Å². The van der Waals surface area contributed by atoms with Crippen LogP contribution in [0.2, 0.25) is 0 Å². The van der Waals surface area contributed by atoms with E-state index < -0.39 is 0 Å². The molecule has 0 aliphatic rings.